The summed E-state index contributed by atoms with van der Waals surface area (Å²) in [4.78, 5) is 16.6. The fraction of sp³-hybridized carbons (Fsp3) is 0.250. The molecular formula is C16H17N5O2. The zero-order chi connectivity index (χ0) is 15.5. The number of hydrazone groups is 1. The summed E-state index contributed by atoms with van der Waals surface area (Å²) in [5.74, 6) is 0.534. The average Bonchev–Trinajstić information content (AvgIpc) is 2.55. The molecule has 2 heterocycles. The molecule has 1 atom stereocenters. The van der Waals surface area contributed by atoms with Gasteiger partial charge in [0.1, 0.15) is 17.3 Å². The zero-order valence-electron chi connectivity index (χ0n) is 12.7. The van der Waals surface area contributed by atoms with Crippen LogP contribution in [0.2, 0.25) is 0 Å². The summed E-state index contributed by atoms with van der Waals surface area (Å²) in [6, 6.07) is 11.5. The first-order valence-corrected chi connectivity index (χ1v) is 7.10. The maximum atomic E-state index is 12.3. The molecular weight excluding hydrogens is 294 g/mol. The standard InChI is InChI=1S/C16H15N5O.H2O/c1-11-7-8-14(20-19-13-5-3-2-4-6-13)15-18-10-12(9-17)16(22)21(11)15;/h2-6,10-11,19H,7-8H2,1H3;1H2. The Morgan fingerprint density at radius 1 is 1.39 bits per heavy atom. The molecule has 0 spiro atoms. The van der Waals surface area contributed by atoms with Crippen molar-refractivity contribution in [3.8, 4) is 6.07 Å². The van der Waals surface area contributed by atoms with Crippen LogP contribution >= 0.6 is 0 Å². The molecule has 0 radical (unpaired) electrons. The number of rotatable bonds is 2. The van der Waals surface area contributed by atoms with Crippen LogP contribution in [0.3, 0.4) is 0 Å². The van der Waals surface area contributed by atoms with Gasteiger partial charge in [-0.05, 0) is 31.9 Å². The normalized spacial score (nSPS) is 17.7. The van der Waals surface area contributed by atoms with Crippen LogP contribution < -0.4 is 11.0 Å². The minimum Gasteiger partial charge on any atom is -0.412 e. The number of nitrogens with zero attached hydrogens (tertiary/aromatic N) is 4. The number of hydrogen-bond donors (Lipinski definition) is 1. The third-order valence-electron chi connectivity index (χ3n) is 3.71. The molecule has 0 amide bonds. The molecule has 118 valence electrons. The summed E-state index contributed by atoms with van der Waals surface area (Å²) < 4.78 is 1.56. The van der Waals surface area contributed by atoms with Crippen molar-refractivity contribution in [2.24, 2.45) is 5.10 Å². The summed E-state index contributed by atoms with van der Waals surface area (Å²) in [5.41, 5.74) is 4.35. The molecule has 3 N–H and O–H groups in total. The molecule has 1 unspecified atom stereocenters. The number of fused-ring (bicyclic) bond motifs is 1. The van der Waals surface area contributed by atoms with Gasteiger partial charge in [-0.2, -0.15) is 10.4 Å². The fourth-order valence-electron chi connectivity index (χ4n) is 2.51. The van der Waals surface area contributed by atoms with E-state index in [1.807, 2.05) is 43.3 Å². The molecule has 7 heteroatoms. The van der Waals surface area contributed by atoms with Gasteiger partial charge in [-0.1, -0.05) is 18.2 Å². The Morgan fingerprint density at radius 3 is 2.83 bits per heavy atom. The number of nitrogens with one attached hydrogen (secondary N) is 1. The highest BCUT2D eigenvalue weighted by atomic mass is 16.1. The lowest BCUT2D eigenvalue weighted by molar-refractivity contribution is 0.470. The quantitative estimate of drug-likeness (QED) is 0.845. The molecule has 0 saturated heterocycles. The van der Waals surface area contributed by atoms with Gasteiger partial charge >= 0.3 is 0 Å². The van der Waals surface area contributed by atoms with Crippen molar-refractivity contribution in [1.29, 1.82) is 5.26 Å². The van der Waals surface area contributed by atoms with E-state index in [-0.39, 0.29) is 22.6 Å². The second kappa shape index (κ2) is 6.85. The van der Waals surface area contributed by atoms with Crippen molar-refractivity contribution in [3.63, 3.8) is 0 Å². The van der Waals surface area contributed by atoms with E-state index >= 15 is 0 Å². The fourth-order valence-corrected chi connectivity index (χ4v) is 2.51. The van der Waals surface area contributed by atoms with E-state index in [9.17, 15) is 4.79 Å². The predicted molar refractivity (Wildman–Crippen MR) is 87.4 cm³/mol. The van der Waals surface area contributed by atoms with Crippen LogP contribution in [0.1, 0.15) is 37.2 Å². The van der Waals surface area contributed by atoms with Crippen molar-refractivity contribution < 1.29 is 5.48 Å². The molecule has 1 aliphatic heterocycles. The lowest BCUT2D eigenvalue weighted by atomic mass is 10.0. The number of anilines is 1. The number of aromatic nitrogens is 2. The molecule has 1 aromatic heterocycles. The highest BCUT2D eigenvalue weighted by Gasteiger charge is 2.24. The van der Waals surface area contributed by atoms with Gasteiger partial charge < -0.3 is 5.48 Å². The van der Waals surface area contributed by atoms with Gasteiger partial charge in [-0.3, -0.25) is 14.8 Å². The highest BCUT2D eigenvalue weighted by Crippen LogP contribution is 2.22. The molecule has 3 rings (SSSR count). The van der Waals surface area contributed by atoms with E-state index in [4.69, 9.17) is 5.26 Å². The lowest BCUT2D eigenvalue weighted by Gasteiger charge is -2.24. The number of nitriles is 1. The minimum atomic E-state index is -0.299. The van der Waals surface area contributed by atoms with Crippen LogP contribution in [0.5, 0.6) is 0 Å². The first-order chi connectivity index (χ1) is 10.7. The molecule has 1 aromatic carbocycles. The number of hydrogen-bond acceptors (Lipinski definition) is 5. The van der Waals surface area contributed by atoms with Gasteiger partial charge in [0.15, 0.2) is 5.82 Å². The van der Waals surface area contributed by atoms with Gasteiger partial charge in [0.2, 0.25) is 0 Å². The first kappa shape index (κ1) is 16.4. The Hall–Kier alpha value is -2.98. The van der Waals surface area contributed by atoms with Crippen LogP contribution in [0.25, 0.3) is 0 Å². The van der Waals surface area contributed by atoms with Gasteiger partial charge in [0.25, 0.3) is 5.56 Å². The van der Waals surface area contributed by atoms with E-state index in [1.54, 1.807) is 4.57 Å². The van der Waals surface area contributed by atoms with E-state index < -0.39 is 0 Å². The van der Waals surface area contributed by atoms with E-state index in [0.717, 1.165) is 24.2 Å². The lowest BCUT2D eigenvalue weighted by Crippen LogP contribution is -2.35. The third-order valence-corrected chi connectivity index (χ3v) is 3.71. The maximum absolute atomic E-state index is 12.3. The zero-order valence-corrected chi connectivity index (χ0v) is 12.7. The van der Waals surface area contributed by atoms with Crippen molar-refractivity contribution in [3.05, 3.63) is 58.3 Å². The van der Waals surface area contributed by atoms with Crippen molar-refractivity contribution >= 4 is 11.4 Å². The minimum absolute atomic E-state index is 0. The van der Waals surface area contributed by atoms with E-state index in [0.29, 0.717) is 5.82 Å². The van der Waals surface area contributed by atoms with Crippen LogP contribution in [-0.4, -0.2) is 20.7 Å². The molecule has 7 nitrogen and oxygen atoms in total. The summed E-state index contributed by atoms with van der Waals surface area (Å²) in [6.45, 7) is 1.95. The summed E-state index contributed by atoms with van der Waals surface area (Å²) in [5, 5.41) is 13.4. The maximum Gasteiger partial charge on any atom is 0.271 e. The third kappa shape index (κ3) is 3.12. The molecule has 2 aromatic rings. The Labute approximate surface area is 133 Å². The largest absolute Gasteiger partial charge is 0.412 e. The first-order valence-electron chi connectivity index (χ1n) is 7.10. The molecule has 1 aliphatic rings. The predicted octanol–water partition coefficient (Wildman–Crippen LogP) is 1.46. The van der Waals surface area contributed by atoms with Crippen LogP contribution in [0.4, 0.5) is 5.69 Å². The van der Waals surface area contributed by atoms with Crippen molar-refractivity contribution in [2.75, 3.05) is 5.43 Å². The molecule has 0 bridgehead atoms. The van der Waals surface area contributed by atoms with Crippen molar-refractivity contribution in [2.45, 2.75) is 25.8 Å². The van der Waals surface area contributed by atoms with E-state index in [2.05, 4.69) is 15.5 Å². The second-order valence-electron chi connectivity index (χ2n) is 5.21. The van der Waals surface area contributed by atoms with E-state index in [1.165, 1.54) is 6.20 Å². The van der Waals surface area contributed by atoms with Crippen LogP contribution in [0, 0.1) is 11.3 Å². The molecule has 0 fully saturated rings. The second-order valence-corrected chi connectivity index (χ2v) is 5.21. The Bertz CT molecular complexity index is 821. The van der Waals surface area contributed by atoms with Crippen LogP contribution in [-0.2, 0) is 0 Å². The summed E-state index contributed by atoms with van der Waals surface area (Å²) >= 11 is 0. The van der Waals surface area contributed by atoms with Gasteiger partial charge in [0, 0.05) is 6.04 Å². The number of benzene rings is 1. The van der Waals surface area contributed by atoms with Gasteiger partial charge in [-0.15, -0.1) is 0 Å². The average molecular weight is 311 g/mol. The number of para-hydroxylation sites is 1. The Kier molecular flexibility index (Phi) is 4.88. The Balaban J connectivity index is 0.00000192. The highest BCUT2D eigenvalue weighted by molar-refractivity contribution is 5.98. The topological polar surface area (TPSA) is 115 Å². The molecule has 0 saturated carbocycles. The molecule has 0 aliphatic carbocycles. The SMILES string of the molecule is CC1CCC(=NNc2ccccc2)c2ncc(C#N)c(=O)n21.O. The van der Waals surface area contributed by atoms with Gasteiger partial charge in [0.05, 0.1) is 11.9 Å². The monoisotopic (exact) mass is 311 g/mol. The Morgan fingerprint density at radius 2 is 2.13 bits per heavy atom. The smallest absolute Gasteiger partial charge is 0.271 e. The summed E-state index contributed by atoms with van der Waals surface area (Å²) in [7, 11) is 0. The molecule has 23 heavy (non-hydrogen) atoms. The summed E-state index contributed by atoms with van der Waals surface area (Å²) in [6.07, 6.45) is 2.85. The van der Waals surface area contributed by atoms with Crippen LogP contribution in [0.15, 0.2) is 46.4 Å². The van der Waals surface area contributed by atoms with Crippen molar-refractivity contribution in [1.82, 2.24) is 9.55 Å². The van der Waals surface area contributed by atoms with Gasteiger partial charge in [-0.25, -0.2) is 4.98 Å².